The molecule has 3 aromatic carbocycles. The van der Waals surface area contributed by atoms with Crippen molar-refractivity contribution in [3.05, 3.63) is 92.4 Å². The third-order valence-electron chi connectivity index (χ3n) is 6.07. The first-order valence-corrected chi connectivity index (χ1v) is 13.3. The van der Waals surface area contributed by atoms with E-state index in [0.717, 1.165) is 10.0 Å². The van der Waals surface area contributed by atoms with Gasteiger partial charge in [0.05, 0.1) is 28.3 Å². The van der Waals surface area contributed by atoms with Gasteiger partial charge in [-0.15, -0.1) is 0 Å². The van der Waals surface area contributed by atoms with Gasteiger partial charge in [0.25, 0.3) is 0 Å². The Balaban J connectivity index is 1.48. The second-order valence-corrected chi connectivity index (χ2v) is 11.2. The van der Waals surface area contributed by atoms with Crippen LogP contribution in [0.3, 0.4) is 0 Å². The number of ether oxygens (including phenoxy) is 2. The van der Waals surface area contributed by atoms with Crippen LogP contribution in [0, 0.1) is 0 Å². The molecule has 194 valence electrons. The lowest BCUT2D eigenvalue weighted by Crippen LogP contribution is -2.48. The van der Waals surface area contributed by atoms with E-state index >= 15 is 0 Å². The van der Waals surface area contributed by atoms with Crippen molar-refractivity contribution in [3.8, 4) is 11.5 Å². The molecule has 0 spiro atoms. The van der Waals surface area contributed by atoms with E-state index < -0.39 is 11.8 Å². The van der Waals surface area contributed by atoms with Crippen LogP contribution in [0.4, 0.5) is 0 Å². The normalized spacial score (nSPS) is 16.3. The minimum atomic E-state index is -0.691. The van der Waals surface area contributed by atoms with Gasteiger partial charge in [-0.1, -0.05) is 75.5 Å². The van der Waals surface area contributed by atoms with E-state index in [-0.39, 0.29) is 18.2 Å². The summed E-state index contributed by atoms with van der Waals surface area (Å²) in [6, 6.07) is 19.8. The molecule has 0 radical (unpaired) electrons. The second-order valence-electron chi connectivity index (χ2n) is 9.46. The van der Waals surface area contributed by atoms with Crippen molar-refractivity contribution in [2.24, 2.45) is 0 Å². The van der Waals surface area contributed by atoms with Crippen LogP contribution in [0.5, 0.6) is 11.5 Å². The molecule has 0 aromatic heterocycles. The lowest BCUT2D eigenvalue weighted by Gasteiger charge is -2.28. The first-order chi connectivity index (χ1) is 17.6. The number of hydrogen-bond donors (Lipinski definition) is 1. The summed E-state index contributed by atoms with van der Waals surface area (Å²) in [7, 11) is 0. The zero-order chi connectivity index (χ0) is 26.6. The average Bonchev–Trinajstić information content (AvgIpc) is 3.23. The number of halogens is 3. The summed E-state index contributed by atoms with van der Waals surface area (Å²) in [4.78, 5) is 28.0. The molecule has 3 aromatic rings. The molecule has 0 aliphatic carbocycles. The lowest BCUT2D eigenvalue weighted by atomic mass is 10.0. The number of nitrogens with zero attached hydrogens (tertiary/aromatic N) is 1. The Bertz CT molecular complexity index is 1290. The summed E-state index contributed by atoms with van der Waals surface area (Å²) in [5, 5.41) is 3.55. The van der Waals surface area contributed by atoms with Crippen LogP contribution >= 0.6 is 39.1 Å². The van der Waals surface area contributed by atoms with Gasteiger partial charge in [-0.3, -0.25) is 9.59 Å². The van der Waals surface area contributed by atoms with Gasteiger partial charge in [0.15, 0.2) is 0 Å². The zero-order valence-corrected chi connectivity index (χ0v) is 23.6. The summed E-state index contributed by atoms with van der Waals surface area (Å²) < 4.78 is 12.7. The maximum atomic E-state index is 13.4. The smallest absolute Gasteiger partial charge is 0.312 e. The second kappa shape index (κ2) is 11.9. The van der Waals surface area contributed by atoms with Gasteiger partial charge in [0.1, 0.15) is 11.5 Å². The molecule has 4 rings (SSSR count). The van der Waals surface area contributed by atoms with E-state index in [1.54, 1.807) is 29.2 Å². The molecule has 0 saturated carbocycles. The maximum Gasteiger partial charge on any atom is 0.312 e. The summed E-state index contributed by atoms with van der Waals surface area (Å²) in [5.41, 5.74) is 1.28. The van der Waals surface area contributed by atoms with Gasteiger partial charge < -0.3 is 19.7 Å². The molecular weight excluding hydrogens is 579 g/mol. The van der Waals surface area contributed by atoms with Gasteiger partial charge >= 0.3 is 11.8 Å². The summed E-state index contributed by atoms with van der Waals surface area (Å²) in [5.74, 6) is -0.287. The van der Waals surface area contributed by atoms with Gasteiger partial charge in [0, 0.05) is 29.2 Å². The fourth-order valence-corrected chi connectivity index (χ4v) is 4.80. The highest BCUT2D eigenvalue weighted by Crippen LogP contribution is 2.33. The third-order valence-corrected chi connectivity index (χ3v) is 7.31. The predicted molar refractivity (Wildman–Crippen MR) is 148 cm³/mol. The minimum Gasteiger partial charge on any atom is -0.457 e. The van der Waals surface area contributed by atoms with Crippen molar-refractivity contribution < 1.29 is 19.1 Å². The van der Waals surface area contributed by atoms with E-state index in [4.69, 9.17) is 32.7 Å². The van der Waals surface area contributed by atoms with E-state index in [0.29, 0.717) is 46.7 Å². The average molecular weight is 606 g/mol. The summed E-state index contributed by atoms with van der Waals surface area (Å²) in [6.45, 7) is 4.77. The first kappa shape index (κ1) is 27.5. The van der Waals surface area contributed by atoms with Gasteiger partial charge in [-0.05, 0) is 50.1 Å². The highest BCUT2D eigenvalue weighted by atomic mass is 79.9. The molecule has 1 aliphatic heterocycles. The largest absolute Gasteiger partial charge is 0.457 e. The van der Waals surface area contributed by atoms with Crippen LogP contribution in [0.2, 0.25) is 10.0 Å². The summed E-state index contributed by atoms with van der Waals surface area (Å²) >= 11 is 15.6. The number of nitrogens with one attached hydrogen (secondary N) is 1. The predicted octanol–water partition coefficient (Wildman–Crippen LogP) is 6.76. The van der Waals surface area contributed by atoms with E-state index in [1.807, 2.05) is 56.3 Å². The number of carbonyl (C=O) groups excluding carboxylic acids is 2. The number of benzene rings is 3. The zero-order valence-electron chi connectivity index (χ0n) is 20.5. The molecule has 2 amide bonds. The molecular formula is C28H27BrCl2N2O4. The lowest BCUT2D eigenvalue weighted by molar-refractivity contribution is -0.148. The third kappa shape index (κ3) is 7.26. The number of amides is 2. The molecule has 1 heterocycles. The molecule has 1 N–H and O–H groups in total. The van der Waals surface area contributed by atoms with Crippen molar-refractivity contribution in [2.45, 2.75) is 45.0 Å². The SMILES string of the molecule is CC1(C)CC(N(Cc2ccccc2)C(=O)C(=O)NCc2ccc(Br)cc2Oc2ccc(Cl)c(Cl)c2)CO1. The maximum absolute atomic E-state index is 13.4. The molecule has 1 atom stereocenters. The minimum absolute atomic E-state index is 0.0976. The van der Waals surface area contributed by atoms with Crippen LogP contribution < -0.4 is 10.1 Å². The van der Waals surface area contributed by atoms with Crippen LogP contribution in [0.15, 0.2) is 71.2 Å². The number of rotatable bonds is 7. The standard InChI is InChI=1S/C28H27BrCl2N2O4/c1-28(2)14-21(17-36-28)33(16-18-6-4-3-5-7-18)27(35)26(34)32-15-19-8-9-20(29)12-25(19)37-22-10-11-23(30)24(31)13-22/h3-13,21H,14-17H2,1-2H3,(H,32,34). The van der Waals surface area contributed by atoms with E-state index in [2.05, 4.69) is 21.2 Å². The van der Waals surface area contributed by atoms with Gasteiger partial charge in [-0.2, -0.15) is 0 Å². The quantitative estimate of drug-likeness (QED) is 0.302. The van der Waals surface area contributed by atoms with Crippen LogP contribution in [0.25, 0.3) is 0 Å². The Morgan fingerprint density at radius 3 is 2.51 bits per heavy atom. The van der Waals surface area contributed by atoms with Crippen molar-refractivity contribution in [1.82, 2.24) is 10.2 Å². The highest BCUT2D eigenvalue weighted by Gasteiger charge is 2.39. The molecule has 9 heteroatoms. The van der Waals surface area contributed by atoms with Crippen LogP contribution in [-0.2, 0) is 27.4 Å². The Morgan fingerprint density at radius 1 is 1.08 bits per heavy atom. The van der Waals surface area contributed by atoms with Gasteiger partial charge in [0.2, 0.25) is 0 Å². The van der Waals surface area contributed by atoms with Crippen molar-refractivity contribution in [2.75, 3.05) is 6.61 Å². The fraction of sp³-hybridized carbons (Fsp3) is 0.286. The van der Waals surface area contributed by atoms with E-state index in [9.17, 15) is 9.59 Å². The Morgan fingerprint density at radius 2 is 1.84 bits per heavy atom. The first-order valence-electron chi connectivity index (χ1n) is 11.8. The molecule has 0 bridgehead atoms. The molecule has 6 nitrogen and oxygen atoms in total. The monoisotopic (exact) mass is 604 g/mol. The Hall–Kier alpha value is -2.58. The molecule has 1 saturated heterocycles. The van der Waals surface area contributed by atoms with Crippen molar-refractivity contribution >= 4 is 50.9 Å². The summed E-state index contributed by atoms with van der Waals surface area (Å²) in [6.07, 6.45) is 0.646. The van der Waals surface area contributed by atoms with Crippen LogP contribution in [0.1, 0.15) is 31.4 Å². The Kier molecular flexibility index (Phi) is 8.80. The van der Waals surface area contributed by atoms with Crippen molar-refractivity contribution in [3.63, 3.8) is 0 Å². The fourth-order valence-electron chi connectivity index (χ4n) is 4.17. The van der Waals surface area contributed by atoms with Crippen LogP contribution in [-0.4, -0.2) is 35.0 Å². The van der Waals surface area contributed by atoms with Gasteiger partial charge in [-0.25, -0.2) is 0 Å². The van der Waals surface area contributed by atoms with Crippen molar-refractivity contribution in [1.29, 1.82) is 0 Å². The topological polar surface area (TPSA) is 67.9 Å². The molecule has 37 heavy (non-hydrogen) atoms. The number of carbonyl (C=O) groups is 2. The highest BCUT2D eigenvalue weighted by molar-refractivity contribution is 9.10. The molecule has 1 unspecified atom stereocenters. The Labute approximate surface area is 235 Å². The molecule has 1 aliphatic rings. The van der Waals surface area contributed by atoms with E-state index in [1.165, 1.54) is 0 Å². The number of hydrogen-bond acceptors (Lipinski definition) is 4. The molecule has 1 fully saturated rings.